The fourth-order valence-corrected chi connectivity index (χ4v) is 3.42. The number of aliphatic imine (C=N–C) groups is 1. The molecule has 1 aliphatic rings. The van der Waals surface area contributed by atoms with E-state index in [1.54, 1.807) is 14.2 Å². The van der Waals surface area contributed by atoms with Crippen LogP contribution in [0, 0.1) is 5.41 Å². The molecule has 1 heterocycles. The maximum Gasteiger partial charge on any atom is 0.246 e. The molecule has 28 heavy (non-hydrogen) atoms. The fourth-order valence-electron chi connectivity index (χ4n) is 3.23. The first-order chi connectivity index (χ1) is 13.1. The Morgan fingerprint density at radius 1 is 1.36 bits per heavy atom. The topological polar surface area (TPSA) is 84.6 Å². The molecule has 9 heteroatoms. The summed E-state index contributed by atoms with van der Waals surface area (Å²) in [5, 5.41) is 11.3. The normalized spacial score (nSPS) is 15.5. The predicted molar refractivity (Wildman–Crippen MR) is 121 cm³/mol. The number of methoxy groups -OCH3 is 1. The molecule has 3 rings (SSSR count). The number of hydrogen-bond acceptors (Lipinski definition) is 5. The quantitative estimate of drug-likeness (QED) is 0.313. The van der Waals surface area contributed by atoms with E-state index < -0.39 is 0 Å². The number of ether oxygens (including phenoxy) is 1. The summed E-state index contributed by atoms with van der Waals surface area (Å²) in [7, 11) is 3.51. The van der Waals surface area contributed by atoms with Crippen molar-refractivity contribution < 1.29 is 9.26 Å². The van der Waals surface area contributed by atoms with Crippen LogP contribution >= 0.6 is 35.6 Å². The van der Waals surface area contributed by atoms with Crippen LogP contribution in [0.15, 0.2) is 33.8 Å². The zero-order valence-electron chi connectivity index (χ0n) is 16.2. The van der Waals surface area contributed by atoms with E-state index in [2.05, 4.69) is 25.8 Å². The number of nitrogens with zero attached hydrogens (tertiary/aromatic N) is 3. The zero-order valence-corrected chi connectivity index (χ0v) is 19.3. The van der Waals surface area contributed by atoms with Crippen molar-refractivity contribution in [2.45, 2.75) is 32.2 Å². The lowest BCUT2D eigenvalue weighted by Crippen LogP contribution is -2.46. The lowest BCUT2D eigenvalue weighted by molar-refractivity contribution is 0.0732. The van der Waals surface area contributed by atoms with E-state index in [0.717, 1.165) is 31.1 Å². The molecule has 1 saturated carbocycles. The monoisotopic (exact) mass is 519 g/mol. The molecule has 0 spiro atoms. The van der Waals surface area contributed by atoms with Gasteiger partial charge < -0.3 is 19.9 Å². The first-order valence-electron chi connectivity index (χ1n) is 9.16. The molecular weight excluding hydrogens is 493 g/mol. The SMILES string of the molecule is CN=C(NCc1nc(-c2cccc(Cl)c2)no1)NCC1(CCOC)CCC1.I. The second-order valence-corrected chi connectivity index (χ2v) is 7.33. The molecule has 0 unspecified atom stereocenters. The molecule has 0 radical (unpaired) electrons. The molecular formula is C19H27ClIN5O2. The minimum atomic E-state index is 0. The Balaban J connectivity index is 0.00000280. The van der Waals surface area contributed by atoms with E-state index >= 15 is 0 Å². The van der Waals surface area contributed by atoms with Crippen molar-refractivity contribution >= 4 is 41.5 Å². The predicted octanol–water partition coefficient (Wildman–Crippen LogP) is 3.88. The Hall–Kier alpha value is -1.39. The number of guanidine groups is 1. The summed E-state index contributed by atoms with van der Waals surface area (Å²) >= 11 is 6.01. The van der Waals surface area contributed by atoms with Gasteiger partial charge in [0.05, 0.1) is 6.54 Å². The van der Waals surface area contributed by atoms with Gasteiger partial charge in [-0.1, -0.05) is 35.3 Å². The molecule has 2 aromatic rings. The summed E-state index contributed by atoms with van der Waals surface area (Å²) < 4.78 is 10.6. The first-order valence-corrected chi connectivity index (χ1v) is 9.54. The second-order valence-electron chi connectivity index (χ2n) is 6.90. The van der Waals surface area contributed by atoms with Gasteiger partial charge in [0.2, 0.25) is 11.7 Å². The molecule has 0 atom stereocenters. The highest BCUT2D eigenvalue weighted by Crippen LogP contribution is 2.43. The number of hydrogen-bond donors (Lipinski definition) is 2. The lowest BCUT2D eigenvalue weighted by atomic mass is 9.67. The van der Waals surface area contributed by atoms with Crippen LogP contribution in [0.5, 0.6) is 0 Å². The van der Waals surface area contributed by atoms with Crippen molar-refractivity contribution in [1.82, 2.24) is 20.8 Å². The molecule has 0 saturated heterocycles. The van der Waals surface area contributed by atoms with Crippen LogP contribution in [0.3, 0.4) is 0 Å². The van der Waals surface area contributed by atoms with Crippen molar-refractivity contribution in [3.63, 3.8) is 0 Å². The van der Waals surface area contributed by atoms with Crippen molar-refractivity contribution in [2.75, 3.05) is 27.3 Å². The summed E-state index contributed by atoms with van der Waals surface area (Å²) in [6.07, 6.45) is 4.81. The molecule has 2 N–H and O–H groups in total. The van der Waals surface area contributed by atoms with Gasteiger partial charge in [0.15, 0.2) is 5.96 Å². The molecule has 0 amide bonds. The van der Waals surface area contributed by atoms with Crippen molar-refractivity contribution in [1.29, 1.82) is 0 Å². The van der Waals surface area contributed by atoms with Crippen molar-refractivity contribution in [2.24, 2.45) is 10.4 Å². The van der Waals surface area contributed by atoms with E-state index in [4.69, 9.17) is 20.9 Å². The molecule has 1 aliphatic carbocycles. The second kappa shape index (κ2) is 11.0. The Labute approximate surface area is 187 Å². The fraction of sp³-hybridized carbons (Fsp3) is 0.526. The Morgan fingerprint density at radius 2 is 2.18 bits per heavy atom. The van der Waals surface area contributed by atoms with Gasteiger partial charge in [0, 0.05) is 37.9 Å². The number of benzene rings is 1. The van der Waals surface area contributed by atoms with Gasteiger partial charge in [-0.05, 0) is 36.8 Å². The highest BCUT2D eigenvalue weighted by Gasteiger charge is 2.36. The van der Waals surface area contributed by atoms with Crippen LogP contribution in [-0.2, 0) is 11.3 Å². The first kappa shape index (κ1) is 22.9. The van der Waals surface area contributed by atoms with Gasteiger partial charge in [-0.2, -0.15) is 4.98 Å². The van der Waals surface area contributed by atoms with Crippen LogP contribution < -0.4 is 10.6 Å². The third-order valence-corrected chi connectivity index (χ3v) is 5.30. The van der Waals surface area contributed by atoms with Gasteiger partial charge in [0.25, 0.3) is 0 Å². The largest absolute Gasteiger partial charge is 0.385 e. The van der Waals surface area contributed by atoms with Crippen molar-refractivity contribution in [3.8, 4) is 11.4 Å². The van der Waals surface area contributed by atoms with Gasteiger partial charge in [-0.15, -0.1) is 24.0 Å². The molecule has 1 fully saturated rings. The Kier molecular flexibility index (Phi) is 8.97. The van der Waals surface area contributed by atoms with E-state index in [-0.39, 0.29) is 24.0 Å². The summed E-state index contributed by atoms with van der Waals surface area (Å²) in [4.78, 5) is 8.68. The molecule has 154 valence electrons. The minimum absolute atomic E-state index is 0. The van der Waals surface area contributed by atoms with Gasteiger partial charge in [0.1, 0.15) is 0 Å². The Morgan fingerprint density at radius 3 is 2.82 bits per heavy atom. The van der Waals surface area contributed by atoms with Crippen LogP contribution in [0.25, 0.3) is 11.4 Å². The van der Waals surface area contributed by atoms with Crippen LogP contribution in [0.4, 0.5) is 0 Å². The van der Waals surface area contributed by atoms with Gasteiger partial charge >= 0.3 is 0 Å². The molecule has 1 aromatic heterocycles. The summed E-state index contributed by atoms with van der Waals surface area (Å²) in [5.41, 5.74) is 1.14. The van der Waals surface area contributed by atoms with E-state index in [9.17, 15) is 0 Å². The van der Waals surface area contributed by atoms with E-state index in [1.807, 2.05) is 24.3 Å². The van der Waals surface area contributed by atoms with Gasteiger partial charge in [-0.3, -0.25) is 4.99 Å². The summed E-state index contributed by atoms with van der Waals surface area (Å²) in [5.74, 6) is 1.73. The highest BCUT2D eigenvalue weighted by molar-refractivity contribution is 14.0. The third kappa shape index (κ3) is 6.05. The molecule has 1 aromatic carbocycles. The maximum atomic E-state index is 6.01. The number of nitrogens with one attached hydrogen (secondary N) is 2. The minimum Gasteiger partial charge on any atom is -0.385 e. The number of halogens is 2. The smallest absolute Gasteiger partial charge is 0.246 e. The number of aromatic nitrogens is 2. The van der Waals surface area contributed by atoms with Crippen LogP contribution in [0.2, 0.25) is 5.02 Å². The van der Waals surface area contributed by atoms with E-state index in [0.29, 0.717) is 28.7 Å². The molecule has 0 aliphatic heterocycles. The average molecular weight is 520 g/mol. The molecule has 7 nitrogen and oxygen atoms in total. The Bertz CT molecular complexity index is 779. The highest BCUT2D eigenvalue weighted by atomic mass is 127. The van der Waals surface area contributed by atoms with E-state index in [1.165, 1.54) is 19.3 Å². The maximum absolute atomic E-state index is 6.01. The zero-order chi connectivity index (χ0) is 19.1. The number of rotatable bonds is 8. The summed E-state index contributed by atoms with van der Waals surface area (Å²) in [6.45, 7) is 2.08. The van der Waals surface area contributed by atoms with Crippen LogP contribution in [-0.4, -0.2) is 43.4 Å². The average Bonchev–Trinajstić information content (AvgIpc) is 3.12. The lowest BCUT2D eigenvalue weighted by Gasteiger charge is -2.42. The van der Waals surface area contributed by atoms with Gasteiger partial charge in [-0.25, -0.2) is 0 Å². The third-order valence-electron chi connectivity index (χ3n) is 5.06. The van der Waals surface area contributed by atoms with Crippen molar-refractivity contribution in [3.05, 3.63) is 35.2 Å². The summed E-state index contributed by atoms with van der Waals surface area (Å²) in [6, 6.07) is 7.37. The molecule has 0 bridgehead atoms. The van der Waals surface area contributed by atoms with Crippen LogP contribution in [0.1, 0.15) is 31.6 Å². The standard InChI is InChI=1S/C19H26ClN5O2.HI/c1-21-18(23-13-19(7-4-8-19)9-10-26-2)22-12-16-24-17(25-27-16)14-5-3-6-15(20)11-14;/h3,5-6,11H,4,7-10,12-13H2,1-2H3,(H2,21,22,23);1H.